The molecule has 136 valence electrons. The second kappa shape index (κ2) is 8.66. The molecule has 7 heteroatoms. The molecule has 0 unspecified atom stereocenters. The molecule has 5 N–H and O–H groups in total. The normalized spacial score (nSPS) is 10.3. The molecule has 0 spiro atoms. The summed E-state index contributed by atoms with van der Waals surface area (Å²) in [5.74, 6) is -1.07. The molecule has 0 saturated carbocycles. The van der Waals surface area contributed by atoms with E-state index in [1.165, 1.54) is 0 Å². The Balaban J connectivity index is 1.90. The van der Waals surface area contributed by atoms with Crippen LogP contribution in [-0.4, -0.2) is 24.3 Å². The quantitative estimate of drug-likeness (QED) is 0.611. The van der Waals surface area contributed by atoms with Crippen LogP contribution in [0.25, 0.3) is 0 Å². The zero-order valence-electron chi connectivity index (χ0n) is 14.7. The fourth-order valence-corrected chi connectivity index (χ4v) is 2.14. The van der Waals surface area contributed by atoms with E-state index in [1.807, 2.05) is 13.8 Å². The minimum Gasteiger partial charge on any atom is -0.376 e. The van der Waals surface area contributed by atoms with Crippen molar-refractivity contribution in [1.82, 2.24) is 0 Å². The van der Waals surface area contributed by atoms with Crippen LogP contribution in [0.3, 0.4) is 0 Å². The van der Waals surface area contributed by atoms with Crippen molar-refractivity contribution in [3.05, 3.63) is 54.1 Å². The van der Waals surface area contributed by atoms with Crippen molar-refractivity contribution in [3.63, 3.8) is 0 Å². The Bertz CT molecular complexity index is 801. The van der Waals surface area contributed by atoms with Crippen LogP contribution in [0.5, 0.6) is 0 Å². The molecule has 7 nitrogen and oxygen atoms in total. The Morgan fingerprint density at radius 3 is 2.15 bits per heavy atom. The molecule has 0 aliphatic heterocycles. The third kappa shape index (κ3) is 5.34. The van der Waals surface area contributed by atoms with E-state index in [-0.39, 0.29) is 29.8 Å². The minimum atomic E-state index is -0.604. The number of hydrogen-bond donors (Lipinski definition) is 4. The van der Waals surface area contributed by atoms with Crippen molar-refractivity contribution in [3.8, 4) is 0 Å². The topological polar surface area (TPSA) is 113 Å². The third-order valence-electron chi connectivity index (χ3n) is 3.60. The van der Waals surface area contributed by atoms with Crippen LogP contribution in [0.2, 0.25) is 0 Å². The highest BCUT2D eigenvalue weighted by atomic mass is 16.2. The Morgan fingerprint density at radius 1 is 0.923 bits per heavy atom. The van der Waals surface area contributed by atoms with Crippen LogP contribution < -0.4 is 21.7 Å². The number of amides is 3. The second-order valence-corrected chi connectivity index (χ2v) is 6.03. The lowest BCUT2D eigenvalue weighted by atomic mass is 10.1. The molecule has 0 radical (unpaired) electrons. The van der Waals surface area contributed by atoms with Crippen LogP contribution in [0.1, 0.15) is 24.2 Å². The van der Waals surface area contributed by atoms with Gasteiger partial charge in [-0.05, 0) is 36.4 Å². The van der Waals surface area contributed by atoms with E-state index in [4.69, 9.17) is 5.73 Å². The van der Waals surface area contributed by atoms with E-state index in [0.717, 1.165) is 5.69 Å². The fraction of sp³-hybridized carbons (Fsp3) is 0.211. The molecule has 3 amide bonds. The second-order valence-electron chi connectivity index (χ2n) is 6.03. The lowest BCUT2D eigenvalue weighted by Gasteiger charge is -2.11. The molecule has 0 saturated heterocycles. The summed E-state index contributed by atoms with van der Waals surface area (Å²) >= 11 is 0. The van der Waals surface area contributed by atoms with Gasteiger partial charge >= 0.3 is 0 Å². The molecule has 0 aliphatic rings. The molecule has 0 atom stereocenters. The summed E-state index contributed by atoms with van der Waals surface area (Å²) in [7, 11) is 0. The van der Waals surface area contributed by atoms with Crippen LogP contribution >= 0.6 is 0 Å². The SMILES string of the molecule is CC(C)C(=O)Nc1ccc(NCC(=O)Nc2ccccc2C(N)=O)cc1. The van der Waals surface area contributed by atoms with Gasteiger partial charge in [0.2, 0.25) is 11.8 Å². The van der Waals surface area contributed by atoms with Crippen LogP contribution in [0, 0.1) is 5.92 Å². The van der Waals surface area contributed by atoms with Crippen molar-refractivity contribution < 1.29 is 14.4 Å². The number of benzene rings is 2. The first kappa shape index (κ1) is 19.0. The largest absolute Gasteiger partial charge is 0.376 e. The number of hydrogen-bond acceptors (Lipinski definition) is 4. The maximum absolute atomic E-state index is 12.1. The maximum Gasteiger partial charge on any atom is 0.250 e. The van der Waals surface area contributed by atoms with E-state index >= 15 is 0 Å². The van der Waals surface area contributed by atoms with Crippen molar-refractivity contribution in [2.75, 3.05) is 22.5 Å². The summed E-state index contributed by atoms with van der Waals surface area (Å²) in [6, 6.07) is 13.6. The summed E-state index contributed by atoms with van der Waals surface area (Å²) in [5, 5.41) is 8.42. The lowest BCUT2D eigenvalue weighted by Crippen LogP contribution is -2.24. The number of rotatable bonds is 7. The zero-order valence-corrected chi connectivity index (χ0v) is 14.7. The van der Waals surface area contributed by atoms with Crippen LogP contribution in [0.15, 0.2) is 48.5 Å². The smallest absolute Gasteiger partial charge is 0.250 e. The van der Waals surface area contributed by atoms with Crippen LogP contribution in [-0.2, 0) is 9.59 Å². The first-order valence-corrected chi connectivity index (χ1v) is 8.20. The predicted octanol–water partition coefficient (Wildman–Crippen LogP) is 2.43. The van der Waals surface area contributed by atoms with Gasteiger partial charge in [-0.2, -0.15) is 0 Å². The Kier molecular flexibility index (Phi) is 6.32. The molecule has 0 bridgehead atoms. The van der Waals surface area contributed by atoms with Gasteiger partial charge in [0.1, 0.15) is 0 Å². The van der Waals surface area contributed by atoms with Gasteiger partial charge in [0.15, 0.2) is 0 Å². The van der Waals surface area contributed by atoms with Crippen molar-refractivity contribution in [1.29, 1.82) is 0 Å². The fourth-order valence-electron chi connectivity index (χ4n) is 2.14. The average Bonchev–Trinajstić information content (AvgIpc) is 2.61. The summed E-state index contributed by atoms with van der Waals surface area (Å²) in [6.07, 6.45) is 0. The van der Waals surface area contributed by atoms with E-state index in [9.17, 15) is 14.4 Å². The number of para-hydroxylation sites is 1. The Hall–Kier alpha value is -3.35. The molecular formula is C19H22N4O3. The predicted molar refractivity (Wildman–Crippen MR) is 102 cm³/mol. The first-order chi connectivity index (χ1) is 12.4. The highest BCUT2D eigenvalue weighted by molar-refractivity contribution is 6.03. The van der Waals surface area contributed by atoms with Crippen molar-refractivity contribution >= 4 is 34.8 Å². The van der Waals surface area contributed by atoms with Crippen molar-refractivity contribution in [2.24, 2.45) is 11.7 Å². The van der Waals surface area contributed by atoms with Gasteiger partial charge in [-0.3, -0.25) is 14.4 Å². The molecule has 2 aromatic carbocycles. The lowest BCUT2D eigenvalue weighted by molar-refractivity contribution is -0.119. The number of carbonyl (C=O) groups is 3. The number of primary amides is 1. The van der Waals surface area contributed by atoms with Crippen LogP contribution in [0.4, 0.5) is 17.1 Å². The summed E-state index contributed by atoms with van der Waals surface area (Å²) < 4.78 is 0. The van der Waals surface area contributed by atoms with E-state index < -0.39 is 5.91 Å². The van der Waals surface area contributed by atoms with E-state index in [1.54, 1.807) is 48.5 Å². The van der Waals surface area contributed by atoms with Gasteiger partial charge in [0.25, 0.3) is 5.91 Å². The standard InChI is InChI=1S/C19H22N4O3/c1-12(2)19(26)22-14-9-7-13(8-10-14)21-11-17(24)23-16-6-4-3-5-15(16)18(20)25/h3-10,12,21H,11H2,1-2H3,(H2,20,25)(H,22,26)(H,23,24). The molecule has 2 rings (SSSR count). The van der Waals surface area contributed by atoms with Gasteiger partial charge in [-0.25, -0.2) is 0 Å². The van der Waals surface area contributed by atoms with Gasteiger partial charge < -0.3 is 21.7 Å². The van der Waals surface area contributed by atoms with Gasteiger partial charge in [-0.15, -0.1) is 0 Å². The number of anilines is 3. The van der Waals surface area contributed by atoms with E-state index in [0.29, 0.717) is 11.4 Å². The first-order valence-electron chi connectivity index (χ1n) is 8.20. The monoisotopic (exact) mass is 354 g/mol. The summed E-state index contributed by atoms with van der Waals surface area (Å²) in [4.78, 5) is 35.1. The maximum atomic E-state index is 12.1. The third-order valence-corrected chi connectivity index (χ3v) is 3.60. The van der Waals surface area contributed by atoms with E-state index in [2.05, 4.69) is 16.0 Å². The Labute approximate surface area is 152 Å². The Morgan fingerprint density at radius 2 is 1.54 bits per heavy atom. The number of nitrogens with two attached hydrogens (primary N) is 1. The highest BCUT2D eigenvalue weighted by Crippen LogP contribution is 2.16. The van der Waals surface area contributed by atoms with Gasteiger partial charge in [-0.1, -0.05) is 26.0 Å². The summed E-state index contributed by atoms with van der Waals surface area (Å²) in [6.45, 7) is 3.66. The zero-order chi connectivity index (χ0) is 19.1. The molecule has 2 aromatic rings. The van der Waals surface area contributed by atoms with Gasteiger partial charge in [0, 0.05) is 17.3 Å². The molecule has 0 fully saturated rings. The summed E-state index contributed by atoms with van der Waals surface area (Å²) in [5.41, 5.74) is 7.33. The molecule has 0 heterocycles. The highest BCUT2D eigenvalue weighted by Gasteiger charge is 2.10. The average molecular weight is 354 g/mol. The molecular weight excluding hydrogens is 332 g/mol. The molecule has 26 heavy (non-hydrogen) atoms. The number of carbonyl (C=O) groups excluding carboxylic acids is 3. The van der Waals surface area contributed by atoms with Crippen molar-refractivity contribution in [2.45, 2.75) is 13.8 Å². The molecule has 0 aromatic heterocycles. The minimum absolute atomic E-state index is 0.0186. The van der Waals surface area contributed by atoms with Gasteiger partial charge in [0.05, 0.1) is 17.8 Å². The molecule has 0 aliphatic carbocycles. The number of nitrogens with one attached hydrogen (secondary N) is 3.